The Morgan fingerprint density at radius 2 is 1.83 bits per heavy atom. The van der Waals surface area contributed by atoms with Gasteiger partial charge in [0.05, 0.1) is 12.1 Å². The highest BCUT2D eigenvalue weighted by atomic mass is 79.9. The number of aliphatic hydroxyl groups is 1. The molecule has 1 unspecified atom stereocenters. The quantitative estimate of drug-likeness (QED) is 0.523. The first-order valence-corrected chi connectivity index (χ1v) is 10.6. The van der Waals surface area contributed by atoms with Crippen LogP contribution >= 0.6 is 15.9 Å². The largest absolute Gasteiger partial charge is 0.375 e. The lowest BCUT2D eigenvalue weighted by Gasteiger charge is -2.22. The van der Waals surface area contributed by atoms with Crippen LogP contribution in [0, 0.1) is 0 Å². The zero-order valence-electron chi connectivity index (χ0n) is 16.2. The van der Waals surface area contributed by atoms with Gasteiger partial charge in [0.2, 0.25) is 0 Å². The minimum atomic E-state index is -1.85. The Labute approximate surface area is 178 Å². The SMILES string of the molecule is CCCCN1C(=O)C(O)(CC(=O)c2ccc3ccccc3c2)c2cc(Br)ccc21. The number of nitrogens with zero attached hydrogens (tertiary/aromatic N) is 1. The first kappa shape index (κ1) is 19.8. The molecule has 0 aliphatic carbocycles. The molecule has 4 rings (SSSR count). The summed E-state index contributed by atoms with van der Waals surface area (Å²) in [6, 6.07) is 18.7. The fraction of sp³-hybridized carbons (Fsp3) is 0.250. The van der Waals surface area contributed by atoms with Crippen molar-refractivity contribution in [2.75, 3.05) is 11.4 Å². The van der Waals surface area contributed by atoms with Crippen LogP contribution in [0.5, 0.6) is 0 Å². The normalized spacial score (nSPS) is 18.3. The summed E-state index contributed by atoms with van der Waals surface area (Å²) in [7, 11) is 0. The Morgan fingerprint density at radius 3 is 2.59 bits per heavy atom. The van der Waals surface area contributed by atoms with Crippen LogP contribution in [0.4, 0.5) is 5.69 Å². The number of Topliss-reactive ketones (excluding diaryl/α,β-unsaturated/α-hetero) is 1. The molecule has 1 aliphatic rings. The Hall–Kier alpha value is -2.50. The van der Waals surface area contributed by atoms with Gasteiger partial charge in [-0.3, -0.25) is 9.59 Å². The minimum Gasteiger partial charge on any atom is -0.375 e. The summed E-state index contributed by atoms with van der Waals surface area (Å²) in [6.45, 7) is 2.58. The second-order valence-electron chi connectivity index (χ2n) is 7.49. The van der Waals surface area contributed by atoms with E-state index in [9.17, 15) is 14.7 Å². The van der Waals surface area contributed by atoms with E-state index in [0.717, 1.165) is 28.1 Å². The van der Waals surface area contributed by atoms with Crippen LogP contribution in [0.25, 0.3) is 10.8 Å². The van der Waals surface area contributed by atoms with Crippen LogP contribution in [0.1, 0.15) is 42.1 Å². The minimum absolute atomic E-state index is 0.255. The van der Waals surface area contributed by atoms with Crippen molar-refractivity contribution in [2.24, 2.45) is 0 Å². The molecule has 1 atom stereocenters. The fourth-order valence-corrected chi connectivity index (χ4v) is 4.29. The van der Waals surface area contributed by atoms with Gasteiger partial charge in [-0.2, -0.15) is 0 Å². The van der Waals surface area contributed by atoms with Gasteiger partial charge in [-0.25, -0.2) is 0 Å². The van der Waals surface area contributed by atoms with Crippen molar-refractivity contribution in [3.63, 3.8) is 0 Å². The third-order valence-electron chi connectivity index (χ3n) is 5.52. The number of hydrogen-bond acceptors (Lipinski definition) is 3. The van der Waals surface area contributed by atoms with Crippen molar-refractivity contribution >= 4 is 44.1 Å². The molecule has 3 aromatic carbocycles. The molecule has 5 heteroatoms. The van der Waals surface area contributed by atoms with E-state index in [4.69, 9.17) is 0 Å². The van der Waals surface area contributed by atoms with Crippen molar-refractivity contribution in [3.05, 3.63) is 76.3 Å². The molecule has 0 aromatic heterocycles. The summed E-state index contributed by atoms with van der Waals surface area (Å²) < 4.78 is 0.762. The number of ketones is 1. The number of carbonyl (C=O) groups excluding carboxylic acids is 2. The van der Waals surface area contributed by atoms with Crippen LogP contribution < -0.4 is 4.90 Å². The summed E-state index contributed by atoms with van der Waals surface area (Å²) >= 11 is 3.42. The summed E-state index contributed by atoms with van der Waals surface area (Å²) in [6.07, 6.45) is 1.48. The number of rotatable bonds is 6. The molecule has 4 nitrogen and oxygen atoms in total. The number of anilines is 1. The van der Waals surface area contributed by atoms with E-state index >= 15 is 0 Å². The number of amides is 1. The summed E-state index contributed by atoms with van der Waals surface area (Å²) in [4.78, 5) is 27.9. The Balaban J connectivity index is 1.70. The highest BCUT2D eigenvalue weighted by Gasteiger charge is 2.50. The van der Waals surface area contributed by atoms with Gasteiger partial charge in [0, 0.05) is 22.1 Å². The van der Waals surface area contributed by atoms with Crippen LogP contribution in [0.15, 0.2) is 65.1 Å². The van der Waals surface area contributed by atoms with E-state index in [-0.39, 0.29) is 12.2 Å². The third kappa shape index (κ3) is 3.49. The molecule has 148 valence electrons. The van der Waals surface area contributed by atoms with Crippen molar-refractivity contribution in [1.82, 2.24) is 0 Å². The van der Waals surface area contributed by atoms with Crippen LogP contribution in [0.2, 0.25) is 0 Å². The molecule has 0 bridgehead atoms. The van der Waals surface area contributed by atoms with Gasteiger partial charge in [-0.05, 0) is 41.5 Å². The average Bonchev–Trinajstić information content (AvgIpc) is 2.92. The molecule has 0 saturated heterocycles. The highest BCUT2D eigenvalue weighted by Crippen LogP contribution is 2.44. The van der Waals surface area contributed by atoms with Crippen LogP contribution in [-0.4, -0.2) is 23.3 Å². The summed E-state index contributed by atoms with van der Waals surface area (Å²) in [5.41, 5.74) is -0.189. The first-order chi connectivity index (χ1) is 13.9. The van der Waals surface area contributed by atoms with E-state index in [1.165, 1.54) is 0 Å². The fourth-order valence-electron chi connectivity index (χ4n) is 3.93. The highest BCUT2D eigenvalue weighted by molar-refractivity contribution is 9.10. The predicted molar refractivity (Wildman–Crippen MR) is 118 cm³/mol. The molecular weight excluding hydrogens is 430 g/mol. The monoisotopic (exact) mass is 451 g/mol. The Bertz CT molecular complexity index is 1110. The van der Waals surface area contributed by atoms with E-state index < -0.39 is 11.5 Å². The van der Waals surface area contributed by atoms with Crippen molar-refractivity contribution in [3.8, 4) is 0 Å². The molecule has 3 aromatic rings. The smallest absolute Gasteiger partial charge is 0.264 e. The molecule has 0 radical (unpaired) electrons. The second-order valence-corrected chi connectivity index (χ2v) is 8.41. The maximum absolute atomic E-state index is 13.2. The lowest BCUT2D eigenvalue weighted by atomic mass is 9.87. The number of hydrogen-bond donors (Lipinski definition) is 1. The predicted octanol–water partition coefficient (Wildman–Crippen LogP) is 5.21. The van der Waals surface area contributed by atoms with Crippen LogP contribution in [-0.2, 0) is 10.4 Å². The number of carbonyl (C=O) groups is 2. The standard InChI is InChI=1S/C24H22BrNO3/c1-2-3-12-26-21-11-10-19(25)14-20(21)24(29,23(26)28)15-22(27)18-9-8-16-6-4-5-7-17(16)13-18/h4-11,13-14,29H,2-3,12,15H2,1H3. The van der Waals surface area contributed by atoms with Crippen molar-refractivity contribution in [2.45, 2.75) is 31.8 Å². The van der Waals surface area contributed by atoms with Gasteiger partial charge in [0.1, 0.15) is 0 Å². The lowest BCUT2D eigenvalue weighted by molar-refractivity contribution is -0.135. The van der Waals surface area contributed by atoms with Gasteiger partial charge >= 0.3 is 0 Å². The topological polar surface area (TPSA) is 57.6 Å². The van der Waals surface area contributed by atoms with Gasteiger partial charge in [-0.1, -0.05) is 65.7 Å². The van der Waals surface area contributed by atoms with E-state index in [1.54, 1.807) is 17.0 Å². The zero-order valence-corrected chi connectivity index (χ0v) is 17.8. The molecular formula is C24H22BrNO3. The number of halogens is 1. The molecule has 0 fully saturated rings. The summed E-state index contributed by atoms with van der Waals surface area (Å²) in [5.74, 6) is -0.678. The van der Waals surface area contributed by atoms with E-state index in [0.29, 0.717) is 23.4 Å². The Morgan fingerprint density at radius 1 is 1.07 bits per heavy atom. The van der Waals surface area contributed by atoms with Gasteiger partial charge in [-0.15, -0.1) is 0 Å². The molecule has 1 N–H and O–H groups in total. The van der Waals surface area contributed by atoms with E-state index in [2.05, 4.69) is 22.9 Å². The maximum atomic E-state index is 13.2. The Kier molecular flexibility index (Phi) is 5.28. The molecule has 29 heavy (non-hydrogen) atoms. The number of benzene rings is 3. The maximum Gasteiger partial charge on any atom is 0.264 e. The molecule has 0 saturated carbocycles. The average molecular weight is 452 g/mol. The summed E-state index contributed by atoms with van der Waals surface area (Å²) in [5, 5.41) is 13.4. The molecule has 1 aliphatic heterocycles. The number of fused-ring (bicyclic) bond motifs is 2. The van der Waals surface area contributed by atoms with Gasteiger partial charge < -0.3 is 10.0 Å². The molecule has 1 heterocycles. The van der Waals surface area contributed by atoms with Crippen LogP contribution in [0.3, 0.4) is 0 Å². The van der Waals surface area contributed by atoms with Crippen molar-refractivity contribution < 1.29 is 14.7 Å². The number of unbranched alkanes of at least 4 members (excludes halogenated alkanes) is 1. The third-order valence-corrected chi connectivity index (χ3v) is 6.01. The first-order valence-electron chi connectivity index (χ1n) is 9.80. The second kappa shape index (κ2) is 7.73. The molecule has 0 spiro atoms. The van der Waals surface area contributed by atoms with E-state index in [1.807, 2.05) is 48.5 Å². The van der Waals surface area contributed by atoms with Gasteiger partial charge in [0.25, 0.3) is 5.91 Å². The lowest BCUT2D eigenvalue weighted by Crippen LogP contribution is -2.42. The van der Waals surface area contributed by atoms with Gasteiger partial charge in [0.15, 0.2) is 11.4 Å². The zero-order chi connectivity index (χ0) is 20.6. The van der Waals surface area contributed by atoms with Crippen molar-refractivity contribution in [1.29, 1.82) is 0 Å². The molecule has 1 amide bonds.